The zero-order chi connectivity index (χ0) is 12.4. The van der Waals surface area contributed by atoms with Crippen LogP contribution in [0.2, 0.25) is 0 Å². The Hall–Kier alpha value is -1.13. The quantitative estimate of drug-likeness (QED) is 0.373. The van der Waals surface area contributed by atoms with Crippen molar-refractivity contribution in [2.45, 2.75) is 43.4 Å². The molecule has 7 N–H and O–H groups in total. The van der Waals surface area contributed by atoms with Gasteiger partial charge in [-0.15, -0.1) is 10.2 Å². The molecule has 1 aromatic heterocycles. The minimum atomic E-state index is -1.11. The van der Waals surface area contributed by atoms with Crippen molar-refractivity contribution in [1.29, 1.82) is 0 Å². The second kappa shape index (κ2) is 5.02. The van der Waals surface area contributed by atoms with Gasteiger partial charge in [-0.1, -0.05) is 5.21 Å². The molecule has 0 aliphatic heterocycles. The number of hydrogen-bond acceptors (Lipinski definition) is 8. The van der Waals surface area contributed by atoms with E-state index in [4.69, 9.17) is 16.2 Å². The third-order valence-electron chi connectivity index (χ3n) is 2.89. The van der Waals surface area contributed by atoms with Crippen molar-refractivity contribution >= 4 is 0 Å². The maximum Gasteiger partial charge on any atom is 0.200 e. The summed E-state index contributed by atoms with van der Waals surface area (Å²) in [6.45, 7) is 0.0634. The molecule has 1 heterocycles. The van der Waals surface area contributed by atoms with Gasteiger partial charge in [0.1, 0.15) is 18.8 Å². The summed E-state index contributed by atoms with van der Waals surface area (Å²) in [7, 11) is 0. The number of nitrogens with two attached hydrogens (primary N) is 2. The van der Waals surface area contributed by atoms with Gasteiger partial charge < -0.3 is 26.4 Å². The molecule has 2 rings (SSSR count). The number of aromatic nitrogens is 4. The van der Waals surface area contributed by atoms with E-state index in [1.54, 1.807) is 0 Å². The maximum absolute atomic E-state index is 9.81. The SMILES string of the molecule is N[C@@H]1C[C@H](N)[C@@H](OCc2nn[nH]n2)[C@H](O)[C@H]1O. The van der Waals surface area contributed by atoms with Gasteiger partial charge in [-0.3, -0.25) is 0 Å². The number of nitrogens with one attached hydrogen (secondary N) is 1. The molecule has 9 nitrogen and oxygen atoms in total. The van der Waals surface area contributed by atoms with Gasteiger partial charge in [0.15, 0.2) is 5.82 Å². The molecule has 1 aliphatic carbocycles. The summed E-state index contributed by atoms with van der Waals surface area (Å²) in [5, 5.41) is 32.5. The van der Waals surface area contributed by atoms with E-state index >= 15 is 0 Å². The van der Waals surface area contributed by atoms with Crippen LogP contribution < -0.4 is 11.5 Å². The van der Waals surface area contributed by atoms with Gasteiger partial charge in [0, 0.05) is 12.1 Å². The van der Waals surface area contributed by atoms with Gasteiger partial charge in [0.2, 0.25) is 0 Å². The number of aliphatic hydroxyl groups excluding tert-OH is 2. The molecule has 1 fully saturated rings. The first kappa shape index (κ1) is 12.3. The highest BCUT2D eigenvalue weighted by molar-refractivity contribution is 4.97. The Bertz CT molecular complexity index is 347. The van der Waals surface area contributed by atoms with E-state index in [1.807, 2.05) is 0 Å². The van der Waals surface area contributed by atoms with Crippen molar-refractivity contribution in [2.75, 3.05) is 0 Å². The van der Waals surface area contributed by atoms with E-state index in [9.17, 15) is 10.2 Å². The van der Waals surface area contributed by atoms with Gasteiger partial charge in [0.05, 0.1) is 6.10 Å². The number of rotatable bonds is 3. The first-order chi connectivity index (χ1) is 8.09. The fourth-order valence-electron chi connectivity index (χ4n) is 1.93. The van der Waals surface area contributed by atoms with Crippen molar-refractivity contribution in [3.8, 4) is 0 Å². The van der Waals surface area contributed by atoms with E-state index in [2.05, 4.69) is 20.6 Å². The zero-order valence-corrected chi connectivity index (χ0v) is 9.10. The van der Waals surface area contributed by atoms with Crippen molar-refractivity contribution in [3.63, 3.8) is 0 Å². The minimum absolute atomic E-state index is 0.0634. The third kappa shape index (κ3) is 2.58. The highest BCUT2D eigenvalue weighted by Crippen LogP contribution is 2.21. The van der Waals surface area contributed by atoms with E-state index in [0.717, 1.165) is 0 Å². The fourth-order valence-corrected chi connectivity index (χ4v) is 1.93. The number of nitrogens with zero attached hydrogens (tertiary/aromatic N) is 3. The molecular formula is C8H16N6O3. The summed E-state index contributed by atoms with van der Waals surface area (Å²) in [6.07, 6.45) is -2.45. The summed E-state index contributed by atoms with van der Waals surface area (Å²) >= 11 is 0. The fraction of sp³-hybridized carbons (Fsp3) is 0.875. The molecular weight excluding hydrogens is 228 g/mol. The molecule has 1 aliphatic rings. The van der Waals surface area contributed by atoms with Gasteiger partial charge >= 0.3 is 0 Å². The lowest BCUT2D eigenvalue weighted by Gasteiger charge is -2.39. The Labute approximate surface area is 97.1 Å². The highest BCUT2D eigenvalue weighted by atomic mass is 16.5. The summed E-state index contributed by atoms with van der Waals surface area (Å²) in [6, 6.07) is -0.972. The number of aromatic amines is 1. The monoisotopic (exact) mass is 244 g/mol. The van der Waals surface area contributed by atoms with E-state index in [-0.39, 0.29) is 6.61 Å². The van der Waals surface area contributed by atoms with Crippen LogP contribution in [0.1, 0.15) is 12.2 Å². The summed E-state index contributed by atoms with van der Waals surface area (Å²) in [4.78, 5) is 0. The molecule has 0 aromatic carbocycles. The Balaban J connectivity index is 1.94. The van der Waals surface area contributed by atoms with Crippen LogP contribution >= 0.6 is 0 Å². The number of H-pyrrole nitrogens is 1. The second-order valence-electron chi connectivity index (χ2n) is 4.15. The van der Waals surface area contributed by atoms with Gasteiger partial charge in [0.25, 0.3) is 0 Å². The van der Waals surface area contributed by atoms with Crippen LogP contribution in [0.3, 0.4) is 0 Å². The molecule has 0 saturated heterocycles. The first-order valence-electron chi connectivity index (χ1n) is 5.31. The van der Waals surface area contributed by atoms with Crippen molar-refractivity contribution in [3.05, 3.63) is 5.82 Å². The molecule has 9 heteroatoms. The highest BCUT2D eigenvalue weighted by Gasteiger charge is 2.41. The number of tetrazole rings is 1. The Morgan fingerprint density at radius 3 is 2.71 bits per heavy atom. The molecule has 0 spiro atoms. The Morgan fingerprint density at radius 2 is 2.06 bits per heavy atom. The van der Waals surface area contributed by atoms with E-state index in [0.29, 0.717) is 12.2 Å². The standard InChI is InChI=1S/C8H16N6O3/c9-3-1-4(10)8(7(16)6(3)15)17-2-5-11-13-14-12-5/h3-4,6-8,15-16H,1-2,9-10H2,(H,11,12,13,14)/t3-,4+,6+,7-,8-/m1/s1. The lowest BCUT2D eigenvalue weighted by atomic mass is 9.85. The van der Waals surface area contributed by atoms with Gasteiger partial charge in [-0.25, -0.2) is 0 Å². The predicted molar refractivity (Wildman–Crippen MR) is 55.3 cm³/mol. The maximum atomic E-state index is 9.81. The lowest BCUT2D eigenvalue weighted by molar-refractivity contribution is -0.132. The minimum Gasteiger partial charge on any atom is -0.389 e. The molecule has 96 valence electrons. The van der Waals surface area contributed by atoms with Crippen molar-refractivity contribution < 1.29 is 14.9 Å². The smallest absolute Gasteiger partial charge is 0.200 e. The average Bonchev–Trinajstić information content (AvgIpc) is 2.79. The lowest BCUT2D eigenvalue weighted by Crippen LogP contribution is -2.61. The summed E-state index contributed by atoms with van der Waals surface area (Å²) in [5.41, 5.74) is 11.4. The summed E-state index contributed by atoms with van der Waals surface area (Å²) < 4.78 is 5.40. The molecule has 0 radical (unpaired) electrons. The average molecular weight is 244 g/mol. The van der Waals surface area contributed by atoms with Gasteiger partial charge in [-0.05, 0) is 6.42 Å². The van der Waals surface area contributed by atoms with Crippen LogP contribution in [-0.2, 0) is 11.3 Å². The Kier molecular flexibility index (Phi) is 3.64. The van der Waals surface area contributed by atoms with Crippen LogP contribution in [0.4, 0.5) is 0 Å². The zero-order valence-electron chi connectivity index (χ0n) is 9.10. The molecule has 0 unspecified atom stereocenters. The van der Waals surface area contributed by atoms with E-state index in [1.165, 1.54) is 0 Å². The summed E-state index contributed by atoms with van der Waals surface area (Å²) in [5.74, 6) is 0.355. The molecule has 5 atom stereocenters. The molecule has 0 bridgehead atoms. The predicted octanol–water partition coefficient (Wildman–Crippen LogP) is -3.13. The first-order valence-corrected chi connectivity index (χ1v) is 5.31. The molecule has 0 amide bonds. The van der Waals surface area contributed by atoms with Crippen LogP contribution in [0, 0.1) is 0 Å². The third-order valence-corrected chi connectivity index (χ3v) is 2.89. The van der Waals surface area contributed by atoms with Crippen LogP contribution in [-0.4, -0.2) is 61.2 Å². The van der Waals surface area contributed by atoms with Crippen LogP contribution in [0.5, 0.6) is 0 Å². The topological polar surface area (TPSA) is 156 Å². The second-order valence-corrected chi connectivity index (χ2v) is 4.15. The number of ether oxygens (including phenoxy) is 1. The molecule has 1 saturated carbocycles. The molecule has 17 heavy (non-hydrogen) atoms. The van der Waals surface area contributed by atoms with E-state index < -0.39 is 30.4 Å². The normalized spacial score (nSPS) is 38.2. The number of aliphatic hydroxyl groups is 2. The van der Waals surface area contributed by atoms with Crippen LogP contribution in [0.25, 0.3) is 0 Å². The largest absolute Gasteiger partial charge is 0.389 e. The Morgan fingerprint density at radius 1 is 1.29 bits per heavy atom. The molecule has 1 aromatic rings. The number of hydrogen-bond donors (Lipinski definition) is 5. The van der Waals surface area contributed by atoms with Crippen molar-refractivity contribution in [1.82, 2.24) is 20.6 Å². The van der Waals surface area contributed by atoms with Gasteiger partial charge in [-0.2, -0.15) is 5.21 Å². The van der Waals surface area contributed by atoms with Crippen molar-refractivity contribution in [2.24, 2.45) is 11.5 Å². The van der Waals surface area contributed by atoms with Crippen LogP contribution in [0.15, 0.2) is 0 Å².